The highest BCUT2D eigenvalue weighted by Crippen LogP contribution is 2.35. The molecule has 2 rings (SSSR count). The monoisotopic (exact) mass is 306 g/mol. The van der Waals surface area contributed by atoms with Crippen LogP contribution in [0.4, 0.5) is 0 Å². The van der Waals surface area contributed by atoms with Crippen molar-refractivity contribution >= 4 is 36.7 Å². The van der Waals surface area contributed by atoms with Crippen LogP contribution in [0.15, 0.2) is 23.6 Å². The molecular formula is C14H14O2S2Si. The second-order valence-electron chi connectivity index (χ2n) is 5.14. The fraction of sp³-hybridized carbons (Fsp3) is 0.214. The van der Waals surface area contributed by atoms with E-state index < -0.39 is 14.0 Å². The van der Waals surface area contributed by atoms with Crippen LogP contribution in [0.1, 0.15) is 15.2 Å². The molecule has 0 fully saturated rings. The lowest BCUT2D eigenvalue weighted by atomic mass is 10.2. The number of carboxylic acid groups (broad SMARTS) is 1. The third-order valence-corrected chi connectivity index (χ3v) is 5.31. The molecule has 2 heterocycles. The minimum atomic E-state index is -1.47. The summed E-state index contributed by atoms with van der Waals surface area (Å²) in [5, 5.41) is 11.1. The molecule has 0 atom stereocenters. The van der Waals surface area contributed by atoms with Crippen molar-refractivity contribution in [1.82, 2.24) is 0 Å². The van der Waals surface area contributed by atoms with Crippen molar-refractivity contribution in [3.8, 4) is 21.2 Å². The van der Waals surface area contributed by atoms with Gasteiger partial charge in [-0.2, -0.15) is 0 Å². The van der Waals surface area contributed by atoms with Crippen LogP contribution in [0, 0.1) is 11.5 Å². The second-order valence-corrected chi connectivity index (χ2v) is 11.9. The lowest BCUT2D eigenvalue weighted by Gasteiger charge is -2.03. The molecule has 0 unspecified atom stereocenters. The standard InChI is InChI=1S/C14H14O2S2Si/c1-19(2,3)8-6-10-9-12(14(15)16)18-13(10)11-5-4-7-17-11/h4-5,7,9H,1-3H3,(H,15,16). The molecule has 19 heavy (non-hydrogen) atoms. The van der Waals surface area contributed by atoms with Crippen molar-refractivity contribution in [2.45, 2.75) is 19.6 Å². The highest BCUT2D eigenvalue weighted by molar-refractivity contribution is 7.22. The first-order chi connectivity index (χ1) is 8.87. The van der Waals surface area contributed by atoms with Gasteiger partial charge in [-0.15, -0.1) is 28.2 Å². The van der Waals surface area contributed by atoms with E-state index in [1.807, 2.05) is 17.5 Å². The minimum Gasteiger partial charge on any atom is -0.477 e. The predicted molar refractivity (Wildman–Crippen MR) is 84.8 cm³/mol. The molecule has 98 valence electrons. The number of thiophene rings is 2. The normalized spacial score (nSPS) is 10.9. The van der Waals surface area contributed by atoms with Crippen LogP contribution in [-0.4, -0.2) is 19.1 Å². The zero-order valence-electron chi connectivity index (χ0n) is 11.0. The van der Waals surface area contributed by atoms with Gasteiger partial charge in [0.15, 0.2) is 0 Å². The van der Waals surface area contributed by atoms with Gasteiger partial charge in [-0.25, -0.2) is 4.79 Å². The zero-order valence-corrected chi connectivity index (χ0v) is 13.6. The van der Waals surface area contributed by atoms with Crippen molar-refractivity contribution in [3.63, 3.8) is 0 Å². The van der Waals surface area contributed by atoms with E-state index in [9.17, 15) is 4.79 Å². The van der Waals surface area contributed by atoms with Gasteiger partial charge < -0.3 is 5.11 Å². The third kappa shape index (κ3) is 3.57. The molecule has 0 aromatic carbocycles. The molecule has 0 amide bonds. The van der Waals surface area contributed by atoms with Gasteiger partial charge in [0, 0.05) is 10.4 Å². The maximum Gasteiger partial charge on any atom is 0.345 e. The average Bonchev–Trinajstić information content (AvgIpc) is 2.94. The maximum absolute atomic E-state index is 11.1. The highest BCUT2D eigenvalue weighted by atomic mass is 32.1. The first-order valence-electron chi connectivity index (χ1n) is 5.81. The molecule has 0 bridgehead atoms. The summed E-state index contributed by atoms with van der Waals surface area (Å²) in [6, 6.07) is 5.66. The van der Waals surface area contributed by atoms with Crippen molar-refractivity contribution in [2.75, 3.05) is 0 Å². The number of hydrogen-bond acceptors (Lipinski definition) is 3. The maximum atomic E-state index is 11.1. The smallest absolute Gasteiger partial charge is 0.345 e. The number of hydrogen-bond donors (Lipinski definition) is 1. The molecule has 0 aliphatic carbocycles. The minimum absolute atomic E-state index is 0.350. The molecule has 0 saturated heterocycles. The predicted octanol–water partition coefficient (Wildman–Crippen LogP) is 4.40. The van der Waals surface area contributed by atoms with Crippen molar-refractivity contribution in [2.24, 2.45) is 0 Å². The van der Waals surface area contributed by atoms with Crippen LogP contribution in [0.5, 0.6) is 0 Å². The van der Waals surface area contributed by atoms with Crippen molar-refractivity contribution in [3.05, 3.63) is 34.0 Å². The fourth-order valence-corrected chi connectivity index (χ4v) is 3.76. The van der Waals surface area contributed by atoms with Crippen LogP contribution < -0.4 is 0 Å². The summed E-state index contributed by atoms with van der Waals surface area (Å²) < 4.78 is 0. The largest absolute Gasteiger partial charge is 0.477 e. The number of carboxylic acids is 1. The second kappa shape index (κ2) is 5.33. The van der Waals surface area contributed by atoms with Crippen LogP contribution in [-0.2, 0) is 0 Å². The summed E-state index contributed by atoms with van der Waals surface area (Å²) in [5.74, 6) is 2.30. The van der Waals surface area contributed by atoms with E-state index in [0.29, 0.717) is 4.88 Å². The molecule has 0 aliphatic rings. The van der Waals surface area contributed by atoms with Crippen LogP contribution in [0.25, 0.3) is 9.75 Å². The Hall–Kier alpha value is -1.35. The number of aromatic carboxylic acids is 1. The lowest BCUT2D eigenvalue weighted by Crippen LogP contribution is -2.16. The lowest BCUT2D eigenvalue weighted by molar-refractivity contribution is 0.0702. The van der Waals surface area contributed by atoms with E-state index >= 15 is 0 Å². The Bertz CT molecular complexity index is 652. The zero-order chi connectivity index (χ0) is 14.0. The molecule has 1 N–H and O–H groups in total. The van der Waals surface area contributed by atoms with Crippen LogP contribution in [0.2, 0.25) is 19.6 Å². The van der Waals surface area contributed by atoms with Crippen molar-refractivity contribution < 1.29 is 9.90 Å². The third-order valence-electron chi connectivity index (χ3n) is 2.26. The van der Waals surface area contributed by atoms with E-state index in [2.05, 4.69) is 31.1 Å². The van der Waals surface area contributed by atoms with E-state index in [1.165, 1.54) is 11.3 Å². The summed E-state index contributed by atoms with van der Waals surface area (Å²) in [6.45, 7) is 6.53. The summed E-state index contributed by atoms with van der Waals surface area (Å²) in [5.41, 5.74) is 4.14. The van der Waals surface area contributed by atoms with Gasteiger partial charge in [-0.1, -0.05) is 31.6 Å². The van der Waals surface area contributed by atoms with Crippen LogP contribution >= 0.6 is 22.7 Å². The molecule has 0 aliphatic heterocycles. The van der Waals surface area contributed by atoms with Gasteiger partial charge in [0.2, 0.25) is 0 Å². The van der Waals surface area contributed by atoms with Crippen molar-refractivity contribution in [1.29, 1.82) is 0 Å². The van der Waals surface area contributed by atoms with Crippen LogP contribution in [0.3, 0.4) is 0 Å². The molecule has 2 aromatic heterocycles. The molecule has 2 aromatic rings. The van der Waals surface area contributed by atoms with E-state index in [1.54, 1.807) is 17.4 Å². The Morgan fingerprint density at radius 3 is 2.63 bits per heavy atom. The summed E-state index contributed by atoms with van der Waals surface area (Å²) >= 11 is 2.91. The molecule has 5 heteroatoms. The van der Waals surface area contributed by atoms with Gasteiger partial charge in [-0.05, 0) is 17.5 Å². The summed E-state index contributed by atoms with van der Waals surface area (Å²) in [7, 11) is -1.47. The molecule has 0 saturated carbocycles. The highest BCUT2D eigenvalue weighted by Gasteiger charge is 2.15. The Morgan fingerprint density at radius 1 is 1.37 bits per heavy atom. The van der Waals surface area contributed by atoms with Gasteiger partial charge in [0.05, 0.1) is 4.88 Å². The number of carbonyl (C=O) groups is 1. The van der Waals surface area contributed by atoms with Gasteiger partial charge in [0.25, 0.3) is 0 Å². The average molecular weight is 306 g/mol. The van der Waals surface area contributed by atoms with E-state index in [4.69, 9.17) is 5.11 Å². The topological polar surface area (TPSA) is 37.3 Å². The molecule has 0 spiro atoms. The van der Waals surface area contributed by atoms with Gasteiger partial charge in [-0.3, -0.25) is 0 Å². The van der Waals surface area contributed by atoms with Gasteiger partial charge >= 0.3 is 5.97 Å². The summed E-state index contributed by atoms with van der Waals surface area (Å²) in [4.78, 5) is 13.5. The first-order valence-corrected chi connectivity index (χ1v) is 11.0. The molecule has 0 radical (unpaired) electrons. The fourth-order valence-electron chi connectivity index (χ4n) is 1.43. The first kappa shape index (κ1) is 14.1. The molecule has 2 nitrogen and oxygen atoms in total. The Morgan fingerprint density at radius 2 is 2.11 bits per heavy atom. The molecular weight excluding hydrogens is 292 g/mol. The van der Waals surface area contributed by atoms with E-state index in [0.717, 1.165) is 15.3 Å². The number of rotatable bonds is 2. The SMILES string of the molecule is C[Si](C)(C)C#Cc1cc(C(=O)O)sc1-c1cccs1. The Balaban J connectivity index is 2.52. The van der Waals surface area contributed by atoms with E-state index in [-0.39, 0.29) is 0 Å². The Labute approximate surface area is 121 Å². The quantitative estimate of drug-likeness (QED) is 0.659. The summed E-state index contributed by atoms with van der Waals surface area (Å²) in [6.07, 6.45) is 0. The van der Waals surface area contributed by atoms with Gasteiger partial charge in [0.1, 0.15) is 13.0 Å². The Kier molecular flexibility index (Phi) is 3.95.